The maximum atomic E-state index is 10.9. The second-order valence-corrected chi connectivity index (χ2v) is 4.33. The molecular weight excluding hydrogens is 178 g/mol. The van der Waals surface area contributed by atoms with Gasteiger partial charge in [-0.3, -0.25) is 4.79 Å². The maximum absolute atomic E-state index is 10.9. The third kappa shape index (κ3) is 2.71. The van der Waals surface area contributed by atoms with Gasteiger partial charge in [-0.2, -0.15) is 0 Å². The number of hydrogen-bond donors (Lipinski definition) is 2. The van der Waals surface area contributed by atoms with E-state index in [1.54, 1.807) is 0 Å². The maximum Gasteiger partial charge on any atom is 0.308 e. The van der Waals surface area contributed by atoms with E-state index in [1.165, 1.54) is 19.3 Å². The van der Waals surface area contributed by atoms with Gasteiger partial charge in [0.25, 0.3) is 0 Å². The monoisotopic (exact) mass is 199 g/mol. The van der Waals surface area contributed by atoms with Crippen molar-refractivity contribution in [2.75, 3.05) is 0 Å². The van der Waals surface area contributed by atoms with Crippen molar-refractivity contribution in [2.45, 2.75) is 51.5 Å². The van der Waals surface area contributed by atoms with Crippen LogP contribution in [0.15, 0.2) is 0 Å². The second kappa shape index (κ2) is 5.35. The number of carboxylic acid groups (broad SMARTS) is 1. The molecule has 14 heavy (non-hydrogen) atoms. The van der Waals surface area contributed by atoms with Gasteiger partial charge in [-0.15, -0.1) is 0 Å². The van der Waals surface area contributed by atoms with Crippen LogP contribution >= 0.6 is 0 Å². The van der Waals surface area contributed by atoms with Gasteiger partial charge in [0.2, 0.25) is 0 Å². The van der Waals surface area contributed by atoms with Crippen molar-refractivity contribution in [3.05, 3.63) is 0 Å². The van der Waals surface area contributed by atoms with Crippen LogP contribution in [0.2, 0.25) is 0 Å². The van der Waals surface area contributed by atoms with Crippen molar-refractivity contribution in [3.63, 3.8) is 0 Å². The smallest absolute Gasteiger partial charge is 0.308 e. The molecule has 0 aliphatic heterocycles. The minimum Gasteiger partial charge on any atom is -0.481 e. The van der Waals surface area contributed by atoms with Crippen molar-refractivity contribution in [2.24, 2.45) is 17.6 Å². The lowest BCUT2D eigenvalue weighted by Gasteiger charge is -2.30. The summed E-state index contributed by atoms with van der Waals surface area (Å²) in [5, 5.41) is 8.99. The van der Waals surface area contributed by atoms with Crippen LogP contribution in [0.5, 0.6) is 0 Å². The molecule has 3 N–H and O–H groups in total. The Balaban J connectivity index is 2.51. The van der Waals surface area contributed by atoms with Crippen molar-refractivity contribution in [1.82, 2.24) is 0 Å². The van der Waals surface area contributed by atoms with Crippen LogP contribution in [-0.2, 0) is 4.79 Å². The Labute approximate surface area is 85.7 Å². The molecule has 0 amide bonds. The number of rotatable bonds is 4. The Kier molecular flexibility index (Phi) is 4.39. The number of nitrogens with two attached hydrogens (primary N) is 1. The van der Waals surface area contributed by atoms with Crippen molar-refractivity contribution >= 4 is 5.97 Å². The SMILES string of the molecule is CCC(C(=O)O)C(N)C1CCCCC1. The van der Waals surface area contributed by atoms with E-state index in [-0.39, 0.29) is 12.0 Å². The summed E-state index contributed by atoms with van der Waals surface area (Å²) in [6.45, 7) is 1.90. The molecule has 1 aliphatic rings. The zero-order valence-electron chi connectivity index (χ0n) is 8.91. The fourth-order valence-electron chi connectivity index (χ4n) is 2.46. The van der Waals surface area contributed by atoms with E-state index in [0.717, 1.165) is 12.8 Å². The van der Waals surface area contributed by atoms with Crippen LogP contribution in [-0.4, -0.2) is 17.1 Å². The lowest BCUT2D eigenvalue weighted by molar-refractivity contribution is -0.143. The van der Waals surface area contributed by atoms with Crippen LogP contribution in [0.3, 0.4) is 0 Å². The van der Waals surface area contributed by atoms with Crippen LogP contribution in [0.1, 0.15) is 45.4 Å². The fraction of sp³-hybridized carbons (Fsp3) is 0.909. The molecule has 1 fully saturated rings. The van der Waals surface area contributed by atoms with Gasteiger partial charge in [0.05, 0.1) is 5.92 Å². The van der Waals surface area contributed by atoms with Gasteiger partial charge in [-0.25, -0.2) is 0 Å². The quantitative estimate of drug-likeness (QED) is 0.728. The first-order valence-electron chi connectivity index (χ1n) is 5.65. The topological polar surface area (TPSA) is 63.3 Å². The largest absolute Gasteiger partial charge is 0.481 e. The highest BCUT2D eigenvalue weighted by Gasteiger charge is 2.30. The van der Waals surface area contributed by atoms with Crippen molar-refractivity contribution < 1.29 is 9.90 Å². The van der Waals surface area contributed by atoms with Gasteiger partial charge in [0.1, 0.15) is 0 Å². The highest BCUT2D eigenvalue weighted by molar-refractivity contribution is 5.70. The summed E-state index contributed by atoms with van der Waals surface area (Å²) < 4.78 is 0. The molecule has 3 nitrogen and oxygen atoms in total. The van der Waals surface area contributed by atoms with E-state index in [1.807, 2.05) is 6.92 Å². The first kappa shape index (κ1) is 11.5. The van der Waals surface area contributed by atoms with Crippen LogP contribution in [0.4, 0.5) is 0 Å². The van der Waals surface area contributed by atoms with E-state index >= 15 is 0 Å². The number of carboxylic acids is 1. The second-order valence-electron chi connectivity index (χ2n) is 4.33. The standard InChI is InChI=1S/C11H21NO2/c1-2-9(11(13)14)10(12)8-6-4-3-5-7-8/h8-10H,2-7,12H2,1H3,(H,13,14). The molecule has 0 aromatic heterocycles. The molecule has 3 heteroatoms. The molecule has 82 valence electrons. The summed E-state index contributed by atoms with van der Waals surface area (Å²) in [6, 6.07) is -0.141. The van der Waals surface area contributed by atoms with Gasteiger partial charge in [-0.1, -0.05) is 26.2 Å². The fourth-order valence-corrected chi connectivity index (χ4v) is 2.46. The summed E-state index contributed by atoms with van der Waals surface area (Å²) in [5.74, 6) is -0.645. The normalized spacial score (nSPS) is 23.0. The Bertz CT molecular complexity index is 188. The van der Waals surface area contributed by atoms with Crippen molar-refractivity contribution in [3.8, 4) is 0 Å². The first-order valence-corrected chi connectivity index (χ1v) is 5.65. The van der Waals surface area contributed by atoms with Crippen molar-refractivity contribution in [1.29, 1.82) is 0 Å². The molecular formula is C11H21NO2. The van der Waals surface area contributed by atoms with Gasteiger partial charge in [0.15, 0.2) is 0 Å². The van der Waals surface area contributed by atoms with E-state index in [4.69, 9.17) is 10.8 Å². The van der Waals surface area contributed by atoms with Crippen LogP contribution in [0.25, 0.3) is 0 Å². The number of aliphatic carboxylic acids is 1. The molecule has 1 rings (SSSR count). The van der Waals surface area contributed by atoms with E-state index in [9.17, 15) is 4.79 Å². The molecule has 0 aromatic carbocycles. The van der Waals surface area contributed by atoms with E-state index < -0.39 is 5.97 Å². The van der Waals surface area contributed by atoms with Crippen LogP contribution in [0, 0.1) is 11.8 Å². The summed E-state index contributed by atoms with van der Waals surface area (Å²) in [5.41, 5.74) is 6.02. The zero-order chi connectivity index (χ0) is 10.6. The lowest BCUT2D eigenvalue weighted by Crippen LogP contribution is -2.42. The Morgan fingerprint density at radius 3 is 2.43 bits per heavy atom. The average Bonchev–Trinajstić information content (AvgIpc) is 2.19. The molecule has 0 saturated heterocycles. The van der Waals surface area contributed by atoms with Gasteiger partial charge in [0, 0.05) is 6.04 Å². The first-order chi connectivity index (χ1) is 6.66. The Morgan fingerprint density at radius 1 is 1.43 bits per heavy atom. The molecule has 2 unspecified atom stereocenters. The summed E-state index contributed by atoms with van der Waals surface area (Å²) in [6.07, 6.45) is 6.60. The highest BCUT2D eigenvalue weighted by atomic mass is 16.4. The van der Waals surface area contributed by atoms with Gasteiger partial charge in [-0.05, 0) is 25.2 Å². The predicted molar refractivity (Wildman–Crippen MR) is 56.0 cm³/mol. The Hall–Kier alpha value is -0.570. The van der Waals surface area contributed by atoms with Crippen LogP contribution < -0.4 is 5.73 Å². The minimum absolute atomic E-state index is 0.141. The molecule has 0 aromatic rings. The molecule has 1 saturated carbocycles. The summed E-state index contributed by atoms with van der Waals surface area (Å²) in [7, 11) is 0. The minimum atomic E-state index is -0.731. The summed E-state index contributed by atoms with van der Waals surface area (Å²) in [4.78, 5) is 10.9. The molecule has 0 heterocycles. The molecule has 0 bridgehead atoms. The molecule has 0 spiro atoms. The average molecular weight is 199 g/mol. The highest BCUT2D eigenvalue weighted by Crippen LogP contribution is 2.29. The summed E-state index contributed by atoms with van der Waals surface area (Å²) >= 11 is 0. The Morgan fingerprint density at radius 2 is 2.00 bits per heavy atom. The number of hydrogen-bond acceptors (Lipinski definition) is 2. The molecule has 0 radical (unpaired) electrons. The lowest BCUT2D eigenvalue weighted by atomic mass is 9.78. The third-order valence-corrected chi connectivity index (χ3v) is 3.42. The van der Waals surface area contributed by atoms with E-state index in [0.29, 0.717) is 12.3 Å². The number of carbonyl (C=O) groups is 1. The molecule has 2 atom stereocenters. The molecule has 1 aliphatic carbocycles. The predicted octanol–water partition coefficient (Wildman–Crippen LogP) is 2.00. The van der Waals surface area contributed by atoms with E-state index in [2.05, 4.69) is 0 Å². The zero-order valence-corrected chi connectivity index (χ0v) is 8.91. The van der Waals surface area contributed by atoms with Gasteiger partial charge >= 0.3 is 5.97 Å². The third-order valence-electron chi connectivity index (χ3n) is 3.42. The van der Waals surface area contributed by atoms with Gasteiger partial charge < -0.3 is 10.8 Å².